The van der Waals surface area contributed by atoms with E-state index in [0.717, 1.165) is 42.8 Å². The minimum atomic E-state index is 0. The highest BCUT2D eigenvalue weighted by Gasteiger charge is 2.06. The average Bonchev–Trinajstić information content (AvgIpc) is 3.01. The van der Waals surface area contributed by atoms with Crippen molar-refractivity contribution >= 4 is 41.3 Å². The summed E-state index contributed by atoms with van der Waals surface area (Å²) >= 11 is 1.74. The van der Waals surface area contributed by atoms with Gasteiger partial charge in [-0.3, -0.25) is 4.99 Å². The molecule has 1 heterocycles. The van der Waals surface area contributed by atoms with Crippen LogP contribution in [0, 0.1) is 13.8 Å². The van der Waals surface area contributed by atoms with Gasteiger partial charge in [0.15, 0.2) is 5.96 Å². The highest BCUT2D eigenvalue weighted by molar-refractivity contribution is 14.0. The molecule has 1 N–H and O–H groups in total. The number of thiazole rings is 1. The molecule has 0 bridgehead atoms. The molecule has 0 atom stereocenters. The third-order valence-electron chi connectivity index (χ3n) is 3.67. The fraction of sp³-hybridized carbons (Fsp3) is 0.474. The van der Waals surface area contributed by atoms with Crippen LogP contribution >= 0.6 is 35.3 Å². The molecule has 5 nitrogen and oxygen atoms in total. The van der Waals surface area contributed by atoms with Gasteiger partial charge in [-0.2, -0.15) is 0 Å². The monoisotopic (exact) mass is 488 g/mol. The predicted molar refractivity (Wildman–Crippen MR) is 121 cm³/mol. The topological polar surface area (TPSA) is 49.8 Å². The molecular formula is C19H29IN4OS. The van der Waals surface area contributed by atoms with Crippen molar-refractivity contribution in [1.82, 2.24) is 15.2 Å². The van der Waals surface area contributed by atoms with Gasteiger partial charge in [-0.05, 0) is 32.9 Å². The highest BCUT2D eigenvalue weighted by atomic mass is 127. The molecule has 0 aliphatic carbocycles. The maximum absolute atomic E-state index is 5.80. The summed E-state index contributed by atoms with van der Waals surface area (Å²) < 4.78 is 5.80. The van der Waals surface area contributed by atoms with Crippen LogP contribution in [-0.4, -0.2) is 49.1 Å². The van der Waals surface area contributed by atoms with Crippen molar-refractivity contribution in [3.8, 4) is 5.75 Å². The van der Waals surface area contributed by atoms with Crippen molar-refractivity contribution in [2.45, 2.75) is 27.2 Å². The lowest BCUT2D eigenvalue weighted by molar-refractivity contribution is 0.281. The number of nitrogens with zero attached hydrogens (tertiary/aromatic N) is 3. The highest BCUT2D eigenvalue weighted by Crippen LogP contribution is 2.12. The van der Waals surface area contributed by atoms with E-state index in [0.29, 0.717) is 6.61 Å². The number of likely N-dealkylation sites (N-methyl/N-ethyl adjacent to an activating group) is 1. The maximum atomic E-state index is 5.80. The van der Waals surface area contributed by atoms with Crippen LogP contribution in [0.2, 0.25) is 0 Å². The fourth-order valence-electron chi connectivity index (χ4n) is 2.28. The number of aliphatic imine (C=N–C) groups is 1. The van der Waals surface area contributed by atoms with E-state index in [4.69, 9.17) is 9.73 Å². The molecule has 0 radical (unpaired) electrons. The molecule has 0 saturated carbocycles. The number of guanidine groups is 1. The lowest BCUT2D eigenvalue weighted by Gasteiger charge is -2.22. The Morgan fingerprint density at radius 1 is 1.27 bits per heavy atom. The van der Waals surface area contributed by atoms with Gasteiger partial charge in [-0.25, -0.2) is 4.98 Å². The van der Waals surface area contributed by atoms with Gasteiger partial charge >= 0.3 is 0 Å². The molecule has 0 amide bonds. The molecule has 26 heavy (non-hydrogen) atoms. The number of halogens is 1. The van der Waals surface area contributed by atoms with Crippen LogP contribution in [-0.2, 0) is 6.42 Å². The number of aromatic nitrogens is 1. The molecule has 0 saturated heterocycles. The van der Waals surface area contributed by atoms with Gasteiger partial charge in [0.05, 0.1) is 11.6 Å². The van der Waals surface area contributed by atoms with E-state index in [1.54, 1.807) is 11.3 Å². The van der Waals surface area contributed by atoms with E-state index >= 15 is 0 Å². The van der Waals surface area contributed by atoms with Gasteiger partial charge in [0, 0.05) is 37.6 Å². The Morgan fingerprint density at radius 2 is 2.00 bits per heavy atom. The second-order valence-corrected chi connectivity index (χ2v) is 7.25. The summed E-state index contributed by atoms with van der Waals surface area (Å²) in [6, 6.07) is 8.13. The predicted octanol–water partition coefficient (Wildman–Crippen LogP) is 3.90. The van der Waals surface area contributed by atoms with Gasteiger partial charge in [0.2, 0.25) is 0 Å². The molecule has 1 aromatic heterocycles. The summed E-state index contributed by atoms with van der Waals surface area (Å²) in [6.07, 6.45) is 2.80. The van der Waals surface area contributed by atoms with E-state index in [2.05, 4.69) is 48.1 Å². The number of nitrogens with one attached hydrogen (secondary N) is 1. The first-order chi connectivity index (χ1) is 12.1. The van der Waals surface area contributed by atoms with E-state index < -0.39 is 0 Å². The Hall–Kier alpha value is -1.35. The van der Waals surface area contributed by atoms with Crippen LogP contribution in [0.15, 0.2) is 35.5 Å². The molecule has 0 aliphatic heterocycles. The van der Waals surface area contributed by atoms with E-state index in [1.807, 2.05) is 25.4 Å². The molecule has 2 rings (SSSR count). The molecule has 0 fully saturated rings. The molecule has 2 aromatic rings. The van der Waals surface area contributed by atoms with Crippen LogP contribution < -0.4 is 10.1 Å². The van der Waals surface area contributed by atoms with Crippen molar-refractivity contribution in [2.24, 2.45) is 4.99 Å². The first kappa shape index (κ1) is 22.7. The summed E-state index contributed by atoms with van der Waals surface area (Å²) in [7, 11) is 2.04. The smallest absolute Gasteiger partial charge is 0.193 e. The Morgan fingerprint density at radius 3 is 2.62 bits per heavy atom. The first-order valence-corrected chi connectivity index (χ1v) is 9.50. The third-order valence-corrected chi connectivity index (χ3v) is 4.64. The number of hydrogen-bond donors (Lipinski definition) is 1. The minimum absolute atomic E-state index is 0. The first-order valence-electron chi connectivity index (χ1n) is 8.68. The standard InChI is InChI=1S/C19H28N4OS.HI/c1-5-20-19(21-11-10-18-22-14-16(3)25-18)23(4)12-13-24-17-8-6-15(2)7-9-17;/h6-9,14H,5,10-13H2,1-4H3,(H,20,21);1H. The zero-order valence-corrected chi connectivity index (χ0v) is 19.1. The number of rotatable bonds is 8. The quantitative estimate of drug-likeness (QED) is 0.348. The lowest BCUT2D eigenvalue weighted by Crippen LogP contribution is -2.41. The summed E-state index contributed by atoms with van der Waals surface area (Å²) in [4.78, 5) is 12.4. The lowest BCUT2D eigenvalue weighted by atomic mass is 10.2. The zero-order valence-electron chi connectivity index (χ0n) is 16.0. The minimum Gasteiger partial charge on any atom is -0.492 e. The van der Waals surface area contributed by atoms with E-state index in [9.17, 15) is 0 Å². The summed E-state index contributed by atoms with van der Waals surface area (Å²) in [6.45, 7) is 9.21. The van der Waals surface area contributed by atoms with Crippen LogP contribution in [0.25, 0.3) is 0 Å². The second kappa shape index (κ2) is 12.1. The van der Waals surface area contributed by atoms with Crippen molar-refractivity contribution < 1.29 is 4.74 Å². The number of aryl methyl sites for hydroxylation is 2. The van der Waals surface area contributed by atoms with Gasteiger partial charge in [0.1, 0.15) is 12.4 Å². The van der Waals surface area contributed by atoms with Gasteiger partial charge in [-0.1, -0.05) is 17.7 Å². The second-order valence-electron chi connectivity index (χ2n) is 5.93. The number of hydrogen-bond acceptors (Lipinski definition) is 4. The largest absolute Gasteiger partial charge is 0.492 e. The van der Waals surface area contributed by atoms with Crippen molar-refractivity contribution in [3.05, 3.63) is 45.9 Å². The Balaban J connectivity index is 0.00000338. The molecule has 7 heteroatoms. The van der Waals surface area contributed by atoms with Gasteiger partial charge < -0.3 is 15.0 Å². The Kier molecular flexibility index (Phi) is 10.6. The normalized spacial score (nSPS) is 11.0. The Bertz CT molecular complexity index is 672. The molecular weight excluding hydrogens is 459 g/mol. The van der Waals surface area contributed by atoms with Crippen molar-refractivity contribution in [3.63, 3.8) is 0 Å². The molecule has 0 unspecified atom stereocenters. The molecule has 1 aromatic carbocycles. The summed E-state index contributed by atoms with van der Waals surface area (Å²) in [5.74, 6) is 1.81. The van der Waals surface area contributed by atoms with Crippen LogP contribution in [0.4, 0.5) is 0 Å². The zero-order chi connectivity index (χ0) is 18.1. The maximum Gasteiger partial charge on any atom is 0.193 e. The molecule has 144 valence electrons. The average molecular weight is 488 g/mol. The Labute approximate surface area is 177 Å². The third kappa shape index (κ3) is 7.90. The fourth-order valence-corrected chi connectivity index (χ4v) is 3.06. The van der Waals surface area contributed by atoms with E-state index in [1.165, 1.54) is 10.4 Å². The van der Waals surface area contributed by atoms with Crippen LogP contribution in [0.1, 0.15) is 22.4 Å². The van der Waals surface area contributed by atoms with Gasteiger partial charge in [-0.15, -0.1) is 35.3 Å². The number of ether oxygens (including phenoxy) is 1. The van der Waals surface area contributed by atoms with Crippen molar-refractivity contribution in [2.75, 3.05) is 33.3 Å². The molecule has 0 aliphatic rings. The SMILES string of the molecule is CCNC(=NCCc1ncc(C)s1)N(C)CCOc1ccc(C)cc1.I. The van der Waals surface area contributed by atoms with Gasteiger partial charge in [0.25, 0.3) is 0 Å². The van der Waals surface area contributed by atoms with Crippen molar-refractivity contribution in [1.29, 1.82) is 0 Å². The number of benzene rings is 1. The van der Waals surface area contributed by atoms with Crippen LogP contribution in [0.5, 0.6) is 5.75 Å². The summed E-state index contributed by atoms with van der Waals surface area (Å²) in [5, 5.41) is 4.47. The van der Waals surface area contributed by atoms with E-state index in [-0.39, 0.29) is 24.0 Å². The summed E-state index contributed by atoms with van der Waals surface area (Å²) in [5.41, 5.74) is 1.24. The van der Waals surface area contributed by atoms with Crippen LogP contribution in [0.3, 0.4) is 0 Å². The molecule has 0 spiro atoms.